The van der Waals surface area contributed by atoms with Crippen molar-refractivity contribution < 1.29 is 9.53 Å². The fraction of sp³-hybridized carbons (Fsp3) is 0.417. The lowest BCUT2D eigenvalue weighted by Gasteiger charge is -2.07. The lowest BCUT2D eigenvalue weighted by Crippen LogP contribution is -2.23. The first-order valence-corrected chi connectivity index (χ1v) is 5.84. The first kappa shape index (κ1) is 13.8. The number of benzene rings is 1. The summed E-state index contributed by atoms with van der Waals surface area (Å²) < 4.78 is 5.05. The van der Waals surface area contributed by atoms with Crippen molar-refractivity contribution in [2.75, 3.05) is 13.7 Å². The molecule has 1 amide bonds. The van der Waals surface area contributed by atoms with Crippen LogP contribution in [0.4, 0.5) is 0 Å². The van der Waals surface area contributed by atoms with Gasteiger partial charge in [-0.25, -0.2) is 0 Å². The minimum absolute atomic E-state index is 0.00221. The van der Waals surface area contributed by atoms with Crippen LogP contribution in [-0.4, -0.2) is 19.6 Å². The maximum atomic E-state index is 11.4. The molecule has 1 aromatic carbocycles. The molecule has 0 fully saturated rings. The molecule has 5 heteroatoms. The first-order valence-electron chi connectivity index (χ1n) is 5.46. The molecule has 17 heavy (non-hydrogen) atoms. The van der Waals surface area contributed by atoms with Crippen LogP contribution < -0.4 is 15.8 Å². The van der Waals surface area contributed by atoms with Gasteiger partial charge in [0.15, 0.2) is 0 Å². The van der Waals surface area contributed by atoms with Gasteiger partial charge in [-0.1, -0.05) is 17.7 Å². The van der Waals surface area contributed by atoms with Crippen LogP contribution in [0.5, 0.6) is 5.75 Å². The van der Waals surface area contributed by atoms with Crippen LogP contribution in [0.15, 0.2) is 18.2 Å². The van der Waals surface area contributed by atoms with Crippen LogP contribution in [0, 0.1) is 0 Å². The standard InChI is InChI=1S/C12H17ClN2O2/c1-17-11-5-4-9(7-10(11)13)8-15-12(16)3-2-6-14/h4-5,7H,2-3,6,8,14H2,1H3,(H,15,16). The van der Waals surface area contributed by atoms with E-state index in [9.17, 15) is 4.79 Å². The molecule has 0 radical (unpaired) electrons. The maximum absolute atomic E-state index is 11.4. The zero-order chi connectivity index (χ0) is 12.7. The van der Waals surface area contributed by atoms with Gasteiger partial charge in [0.05, 0.1) is 12.1 Å². The number of halogens is 1. The predicted octanol–water partition coefficient (Wildman–Crippen LogP) is 1.70. The molecule has 0 saturated heterocycles. The predicted molar refractivity (Wildman–Crippen MR) is 68.1 cm³/mol. The van der Waals surface area contributed by atoms with E-state index < -0.39 is 0 Å². The number of hydrogen-bond donors (Lipinski definition) is 2. The van der Waals surface area contributed by atoms with E-state index in [1.54, 1.807) is 19.2 Å². The van der Waals surface area contributed by atoms with Crippen LogP contribution in [0.2, 0.25) is 5.02 Å². The van der Waals surface area contributed by atoms with E-state index in [4.69, 9.17) is 22.1 Å². The molecule has 0 aliphatic heterocycles. The average molecular weight is 257 g/mol. The topological polar surface area (TPSA) is 64.3 Å². The van der Waals surface area contributed by atoms with Gasteiger partial charge in [0.1, 0.15) is 5.75 Å². The highest BCUT2D eigenvalue weighted by Crippen LogP contribution is 2.24. The van der Waals surface area contributed by atoms with Crippen molar-refractivity contribution in [3.05, 3.63) is 28.8 Å². The van der Waals surface area contributed by atoms with E-state index in [2.05, 4.69) is 5.32 Å². The lowest BCUT2D eigenvalue weighted by atomic mass is 10.2. The Morgan fingerprint density at radius 3 is 2.88 bits per heavy atom. The first-order chi connectivity index (χ1) is 8.17. The lowest BCUT2D eigenvalue weighted by molar-refractivity contribution is -0.121. The Balaban J connectivity index is 2.47. The van der Waals surface area contributed by atoms with Crippen molar-refractivity contribution in [1.82, 2.24) is 5.32 Å². The van der Waals surface area contributed by atoms with Crippen LogP contribution in [-0.2, 0) is 11.3 Å². The maximum Gasteiger partial charge on any atom is 0.220 e. The molecular weight excluding hydrogens is 240 g/mol. The number of rotatable bonds is 6. The van der Waals surface area contributed by atoms with Gasteiger partial charge in [-0.3, -0.25) is 4.79 Å². The van der Waals surface area contributed by atoms with Crippen LogP contribution in [0.25, 0.3) is 0 Å². The van der Waals surface area contributed by atoms with Gasteiger partial charge in [-0.15, -0.1) is 0 Å². The quantitative estimate of drug-likeness (QED) is 0.814. The Labute approximate surface area is 106 Å². The summed E-state index contributed by atoms with van der Waals surface area (Å²) in [6, 6.07) is 5.43. The third kappa shape index (κ3) is 4.63. The molecule has 1 rings (SSSR count). The highest BCUT2D eigenvalue weighted by molar-refractivity contribution is 6.32. The number of ether oxygens (including phenoxy) is 1. The van der Waals surface area contributed by atoms with E-state index in [1.807, 2.05) is 6.07 Å². The van der Waals surface area contributed by atoms with Crippen molar-refractivity contribution in [1.29, 1.82) is 0 Å². The Morgan fingerprint density at radius 2 is 2.29 bits per heavy atom. The molecule has 94 valence electrons. The number of methoxy groups -OCH3 is 1. The Morgan fingerprint density at radius 1 is 1.53 bits per heavy atom. The molecule has 1 aromatic rings. The van der Waals surface area contributed by atoms with Crippen LogP contribution in [0.1, 0.15) is 18.4 Å². The van der Waals surface area contributed by atoms with Gasteiger partial charge in [0, 0.05) is 13.0 Å². The second-order valence-electron chi connectivity index (χ2n) is 3.64. The number of carbonyl (C=O) groups is 1. The largest absolute Gasteiger partial charge is 0.495 e. The summed E-state index contributed by atoms with van der Waals surface area (Å²) in [5.74, 6) is 0.632. The molecule has 4 nitrogen and oxygen atoms in total. The van der Waals surface area contributed by atoms with Gasteiger partial charge in [0.25, 0.3) is 0 Å². The van der Waals surface area contributed by atoms with Crippen molar-refractivity contribution in [3.63, 3.8) is 0 Å². The Kier molecular flexibility index (Phi) is 5.80. The summed E-state index contributed by atoms with van der Waals surface area (Å²) in [5.41, 5.74) is 6.27. The monoisotopic (exact) mass is 256 g/mol. The highest BCUT2D eigenvalue weighted by Gasteiger charge is 2.03. The average Bonchev–Trinajstić information content (AvgIpc) is 2.34. The molecule has 0 aliphatic carbocycles. The molecule has 0 atom stereocenters. The van der Waals surface area contributed by atoms with Gasteiger partial charge < -0.3 is 15.8 Å². The van der Waals surface area contributed by atoms with E-state index in [0.717, 1.165) is 5.56 Å². The summed E-state index contributed by atoms with van der Waals surface area (Å²) >= 11 is 5.97. The second-order valence-corrected chi connectivity index (χ2v) is 4.05. The SMILES string of the molecule is COc1ccc(CNC(=O)CCCN)cc1Cl. The van der Waals surface area contributed by atoms with Gasteiger partial charge in [-0.05, 0) is 30.7 Å². The van der Waals surface area contributed by atoms with Crippen molar-refractivity contribution in [2.24, 2.45) is 5.73 Å². The minimum atomic E-state index is 0.00221. The van der Waals surface area contributed by atoms with Gasteiger partial charge in [-0.2, -0.15) is 0 Å². The smallest absolute Gasteiger partial charge is 0.220 e. The highest BCUT2D eigenvalue weighted by atomic mass is 35.5. The van der Waals surface area contributed by atoms with E-state index in [1.165, 1.54) is 0 Å². The van der Waals surface area contributed by atoms with E-state index in [-0.39, 0.29) is 5.91 Å². The fourth-order valence-corrected chi connectivity index (χ4v) is 1.65. The molecule has 0 unspecified atom stereocenters. The molecule has 0 heterocycles. The van der Waals surface area contributed by atoms with Crippen molar-refractivity contribution >= 4 is 17.5 Å². The fourth-order valence-electron chi connectivity index (χ4n) is 1.37. The van der Waals surface area contributed by atoms with Crippen LogP contribution in [0.3, 0.4) is 0 Å². The number of amides is 1. The second kappa shape index (κ2) is 7.14. The summed E-state index contributed by atoms with van der Waals surface area (Å²) in [5, 5.41) is 3.35. The minimum Gasteiger partial charge on any atom is -0.495 e. The number of hydrogen-bond acceptors (Lipinski definition) is 3. The van der Waals surface area contributed by atoms with Crippen molar-refractivity contribution in [2.45, 2.75) is 19.4 Å². The zero-order valence-corrected chi connectivity index (χ0v) is 10.6. The molecule has 3 N–H and O–H groups in total. The summed E-state index contributed by atoms with van der Waals surface area (Å²) in [6.07, 6.45) is 1.16. The van der Waals surface area contributed by atoms with Gasteiger partial charge in [0.2, 0.25) is 5.91 Å². The van der Waals surface area contributed by atoms with Gasteiger partial charge >= 0.3 is 0 Å². The summed E-state index contributed by atoms with van der Waals surface area (Å²) in [7, 11) is 1.56. The number of carbonyl (C=O) groups excluding carboxylic acids is 1. The molecule has 0 bridgehead atoms. The zero-order valence-electron chi connectivity index (χ0n) is 9.83. The number of nitrogens with one attached hydrogen (secondary N) is 1. The third-order valence-corrected chi connectivity index (χ3v) is 2.61. The van der Waals surface area contributed by atoms with Crippen LogP contribution >= 0.6 is 11.6 Å². The molecule has 0 spiro atoms. The molecule has 0 aromatic heterocycles. The third-order valence-electron chi connectivity index (χ3n) is 2.31. The molecule has 0 saturated carbocycles. The van der Waals surface area contributed by atoms with E-state index in [0.29, 0.717) is 36.7 Å². The Hall–Kier alpha value is -1.26. The molecule has 0 aliphatic rings. The normalized spacial score (nSPS) is 10.1. The molecular formula is C12H17ClN2O2. The Bertz CT molecular complexity index is 383. The summed E-state index contributed by atoms with van der Waals surface area (Å²) in [6.45, 7) is 0.995. The van der Waals surface area contributed by atoms with Crippen molar-refractivity contribution in [3.8, 4) is 5.75 Å². The number of nitrogens with two attached hydrogens (primary N) is 1. The summed E-state index contributed by atoms with van der Waals surface area (Å²) in [4.78, 5) is 11.4. The van der Waals surface area contributed by atoms with E-state index >= 15 is 0 Å².